The van der Waals surface area contributed by atoms with Crippen LogP contribution in [-0.2, 0) is 11.2 Å². The first-order valence-electron chi connectivity index (χ1n) is 7.82. The second-order valence-corrected chi connectivity index (χ2v) is 5.34. The number of benzene rings is 1. The van der Waals surface area contributed by atoms with Crippen molar-refractivity contribution in [2.75, 3.05) is 25.6 Å². The molecule has 0 fully saturated rings. The van der Waals surface area contributed by atoms with E-state index in [9.17, 15) is 9.59 Å². The normalized spacial score (nSPS) is 10.0. The van der Waals surface area contributed by atoms with Crippen LogP contribution in [0.2, 0.25) is 0 Å². The number of hydrogen-bond acceptors (Lipinski definition) is 4. The largest absolute Gasteiger partial charge is 0.496 e. The molecule has 0 aliphatic rings. The molecule has 1 heterocycles. The Morgan fingerprint density at radius 3 is 2.64 bits per heavy atom. The molecule has 0 bridgehead atoms. The number of likely N-dealkylation sites (N-methyl/N-ethyl adjacent to an activating group) is 1. The Kier molecular flexibility index (Phi) is 6.28. The SMILES string of the molecule is C=CC(=O)N(C)c1ccc(C(=O)NCCc2cnccc2OC)cc1. The van der Waals surface area contributed by atoms with E-state index in [1.165, 1.54) is 11.0 Å². The molecule has 1 aromatic heterocycles. The highest BCUT2D eigenvalue weighted by atomic mass is 16.5. The van der Waals surface area contributed by atoms with Crippen molar-refractivity contribution in [1.82, 2.24) is 10.3 Å². The summed E-state index contributed by atoms with van der Waals surface area (Å²) in [6.45, 7) is 3.93. The number of nitrogens with one attached hydrogen (secondary N) is 1. The molecule has 6 heteroatoms. The summed E-state index contributed by atoms with van der Waals surface area (Å²) in [5.41, 5.74) is 2.16. The number of aromatic nitrogens is 1. The van der Waals surface area contributed by atoms with Crippen LogP contribution in [0.5, 0.6) is 5.75 Å². The summed E-state index contributed by atoms with van der Waals surface area (Å²) in [6, 6.07) is 8.60. The van der Waals surface area contributed by atoms with E-state index in [4.69, 9.17) is 4.74 Å². The van der Waals surface area contributed by atoms with E-state index in [0.717, 1.165) is 11.3 Å². The van der Waals surface area contributed by atoms with Crippen LogP contribution in [0.3, 0.4) is 0 Å². The fraction of sp³-hybridized carbons (Fsp3) is 0.211. The van der Waals surface area contributed by atoms with Gasteiger partial charge < -0.3 is 15.0 Å². The zero-order chi connectivity index (χ0) is 18.2. The van der Waals surface area contributed by atoms with Crippen LogP contribution in [0.4, 0.5) is 5.69 Å². The predicted octanol–water partition coefficient (Wildman–Crippen LogP) is 2.21. The Morgan fingerprint density at radius 2 is 2.00 bits per heavy atom. The Balaban J connectivity index is 1.93. The average molecular weight is 339 g/mol. The van der Waals surface area contributed by atoms with Gasteiger partial charge in [-0.1, -0.05) is 6.58 Å². The van der Waals surface area contributed by atoms with Gasteiger partial charge >= 0.3 is 0 Å². The quantitative estimate of drug-likeness (QED) is 0.785. The lowest BCUT2D eigenvalue weighted by molar-refractivity contribution is -0.113. The van der Waals surface area contributed by atoms with E-state index in [0.29, 0.717) is 24.2 Å². The van der Waals surface area contributed by atoms with Gasteiger partial charge in [-0.15, -0.1) is 0 Å². The number of nitrogens with zero attached hydrogens (tertiary/aromatic N) is 2. The highest BCUT2D eigenvalue weighted by Gasteiger charge is 2.10. The minimum absolute atomic E-state index is 0.174. The van der Waals surface area contributed by atoms with Gasteiger partial charge in [-0.25, -0.2) is 0 Å². The van der Waals surface area contributed by atoms with Crippen molar-refractivity contribution >= 4 is 17.5 Å². The molecule has 0 spiro atoms. The molecular formula is C19H21N3O3. The van der Waals surface area contributed by atoms with Gasteiger partial charge in [0, 0.05) is 42.8 Å². The molecule has 2 aromatic rings. The Labute approximate surface area is 147 Å². The molecule has 25 heavy (non-hydrogen) atoms. The maximum Gasteiger partial charge on any atom is 0.251 e. The summed E-state index contributed by atoms with van der Waals surface area (Å²) >= 11 is 0. The minimum Gasteiger partial charge on any atom is -0.496 e. The van der Waals surface area contributed by atoms with Crippen LogP contribution < -0.4 is 15.0 Å². The van der Waals surface area contributed by atoms with Crippen LogP contribution in [-0.4, -0.2) is 37.5 Å². The number of carbonyl (C=O) groups excluding carboxylic acids is 2. The van der Waals surface area contributed by atoms with Crippen molar-refractivity contribution in [2.45, 2.75) is 6.42 Å². The number of anilines is 1. The number of carbonyl (C=O) groups is 2. The lowest BCUT2D eigenvalue weighted by atomic mass is 10.1. The Morgan fingerprint density at radius 1 is 1.28 bits per heavy atom. The van der Waals surface area contributed by atoms with Gasteiger partial charge in [-0.05, 0) is 42.8 Å². The molecule has 0 atom stereocenters. The molecule has 130 valence electrons. The van der Waals surface area contributed by atoms with E-state index in [1.54, 1.807) is 56.9 Å². The zero-order valence-electron chi connectivity index (χ0n) is 14.4. The van der Waals surface area contributed by atoms with Crippen molar-refractivity contribution in [1.29, 1.82) is 0 Å². The van der Waals surface area contributed by atoms with Crippen LogP contribution in [0.1, 0.15) is 15.9 Å². The van der Waals surface area contributed by atoms with Crippen molar-refractivity contribution in [3.05, 3.63) is 66.5 Å². The van der Waals surface area contributed by atoms with E-state index >= 15 is 0 Å². The second kappa shape index (κ2) is 8.63. The van der Waals surface area contributed by atoms with E-state index in [-0.39, 0.29) is 11.8 Å². The number of ether oxygens (including phenoxy) is 1. The van der Waals surface area contributed by atoms with E-state index < -0.39 is 0 Å². The number of amides is 2. The third kappa shape index (κ3) is 4.67. The summed E-state index contributed by atoms with van der Waals surface area (Å²) < 4.78 is 5.26. The van der Waals surface area contributed by atoms with Crippen molar-refractivity contribution in [3.63, 3.8) is 0 Å². The van der Waals surface area contributed by atoms with Crippen molar-refractivity contribution < 1.29 is 14.3 Å². The highest BCUT2D eigenvalue weighted by molar-refractivity contribution is 6.01. The number of pyridine rings is 1. The monoisotopic (exact) mass is 339 g/mol. The van der Waals surface area contributed by atoms with Gasteiger partial charge in [-0.3, -0.25) is 14.6 Å². The van der Waals surface area contributed by atoms with Gasteiger partial charge in [-0.2, -0.15) is 0 Å². The fourth-order valence-corrected chi connectivity index (χ4v) is 2.31. The van der Waals surface area contributed by atoms with Crippen LogP contribution in [0.25, 0.3) is 0 Å². The Bertz CT molecular complexity index is 757. The van der Waals surface area contributed by atoms with Crippen LogP contribution in [0.15, 0.2) is 55.4 Å². The maximum atomic E-state index is 12.2. The molecule has 0 unspecified atom stereocenters. The molecule has 2 amide bonds. The summed E-state index contributed by atoms with van der Waals surface area (Å²) in [7, 11) is 3.26. The standard InChI is InChI=1S/C19H21N3O3/c1-4-18(23)22(2)16-7-5-14(6-8-16)19(24)21-12-9-15-13-20-11-10-17(15)25-3/h4-8,10-11,13H,1,9,12H2,2-3H3,(H,21,24). The number of methoxy groups -OCH3 is 1. The molecule has 6 nitrogen and oxygen atoms in total. The number of hydrogen-bond donors (Lipinski definition) is 1. The topological polar surface area (TPSA) is 71.5 Å². The highest BCUT2D eigenvalue weighted by Crippen LogP contribution is 2.16. The van der Waals surface area contributed by atoms with Crippen LogP contribution in [0, 0.1) is 0 Å². The molecule has 0 saturated carbocycles. The van der Waals surface area contributed by atoms with E-state index in [2.05, 4.69) is 16.9 Å². The van der Waals surface area contributed by atoms with Crippen molar-refractivity contribution in [3.8, 4) is 5.75 Å². The molecule has 1 aromatic carbocycles. The van der Waals surface area contributed by atoms with Crippen LogP contribution >= 0.6 is 0 Å². The van der Waals surface area contributed by atoms with Gasteiger partial charge in [0.1, 0.15) is 5.75 Å². The van der Waals surface area contributed by atoms with Gasteiger partial charge in [0.2, 0.25) is 5.91 Å². The van der Waals surface area contributed by atoms with E-state index in [1.807, 2.05) is 0 Å². The first kappa shape index (κ1) is 18.2. The van der Waals surface area contributed by atoms with Gasteiger partial charge in [0.05, 0.1) is 7.11 Å². The molecule has 0 aliphatic carbocycles. The first-order chi connectivity index (χ1) is 12.1. The molecule has 1 N–H and O–H groups in total. The number of rotatable bonds is 7. The average Bonchev–Trinajstić information content (AvgIpc) is 2.67. The first-order valence-corrected chi connectivity index (χ1v) is 7.82. The molecule has 0 aliphatic heterocycles. The minimum atomic E-state index is -0.206. The molecule has 0 saturated heterocycles. The van der Waals surface area contributed by atoms with Gasteiger partial charge in [0.15, 0.2) is 0 Å². The zero-order valence-corrected chi connectivity index (χ0v) is 14.4. The summed E-state index contributed by atoms with van der Waals surface area (Å²) in [5.74, 6) is 0.373. The predicted molar refractivity (Wildman–Crippen MR) is 96.9 cm³/mol. The third-order valence-corrected chi connectivity index (χ3v) is 3.78. The fourth-order valence-electron chi connectivity index (χ4n) is 2.31. The maximum absolute atomic E-state index is 12.2. The lowest BCUT2D eigenvalue weighted by Gasteiger charge is -2.15. The Hall–Kier alpha value is -3.15. The molecule has 2 rings (SSSR count). The summed E-state index contributed by atoms with van der Waals surface area (Å²) in [5, 5.41) is 2.86. The van der Waals surface area contributed by atoms with Crippen molar-refractivity contribution in [2.24, 2.45) is 0 Å². The second-order valence-electron chi connectivity index (χ2n) is 5.34. The molecule has 0 radical (unpaired) electrons. The summed E-state index contributed by atoms with van der Waals surface area (Å²) in [4.78, 5) is 29.3. The lowest BCUT2D eigenvalue weighted by Crippen LogP contribution is -2.26. The molecular weight excluding hydrogens is 318 g/mol. The third-order valence-electron chi connectivity index (χ3n) is 3.78. The summed E-state index contributed by atoms with van der Waals surface area (Å²) in [6.07, 6.45) is 5.26. The smallest absolute Gasteiger partial charge is 0.251 e. The van der Waals surface area contributed by atoms with Gasteiger partial charge in [0.25, 0.3) is 5.91 Å².